The fourth-order valence-corrected chi connectivity index (χ4v) is 1.13. The molecule has 1 unspecified atom stereocenters. The Morgan fingerprint density at radius 2 is 1.67 bits per heavy atom. The number of rotatable bonds is 2. The maximum absolute atomic E-state index is 13.2. The second kappa shape index (κ2) is 6.28. The summed E-state index contributed by atoms with van der Waals surface area (Å²) in [6, 6.07) is 5.96. The Labute approximate surface area is 102 Å². The van der Waals surface area contributed by atoms with Crippen molar-refractivity contribution in [1.29, 1.82) is 0 Å². The highest BCUT2D eigenvalue weighted by Crippen LogP contribution is 2.22. The van der Waals surface area contributed by atoms with Gasteiger partial charge in [-0.1, -0.05) is 18.2 Å². The first-order valence-electron chi connectivity index (χ1n) is 4.22. The van der Waals surface area contributed by atoms with Gasteiger partial charge in [-0.2, -0.15) is 0 Å². The summed E-state index contributed by atoms with van der Waals surface area (Å²) < 4.78 is 13.2. The quantitative estimate of drug-likeness (QED) is 0.852. The largest absolute Gasteiger partial charge is 0.324 e. The Kier molecular flexibility index (Phi) is 7.14. The molecule has 1 aromatic rings. The van der Waals surface area contributed by atoms with Crippen molar-refractivity contribution in [2.45, 2.75) is 25.4 Å². The molecule has 0 fully saturated rings. The van der Waals surface area contributed by atoms with Gasteiger partial charge in [-0.25, -0.2) is 4.39 Å². The zero-order valence-corrected chi connectivity index (χ0v) is 10.4. The minimum Gasteiger partial charge on any atom is -0.324 e. The molecule has 0 saturated carbocycles. The normalized spacial score (nSPS) is 12.3. The molecule has 2 nitrogen and oxygen atoms in total. The van der Waals surface area contributed by atoms with Gasteiger partial charge in [0.05, 0.1) is 6.04 Å². The van der Waals surface area contributed by atoms with E-state index in [1.807, 2.05) is 0 Å². The van der Waals surface area contributed by atoms with E-state index in [0.29, 0.717) is 5.56 Å². The third-order valence-electron chi connectivity index (χ3n) is 2.04. The lowest BCUT2D eigenvalue weighted by molar-refractivity contribution is 0.407. The van der Waals surface area contributed by atoms with E-state index in [1.54, 1.807) is 32.0 Å². The Balaban J connectivity index is 0. The summed E-state index contributed by atoms with van der Waals surface area (Å²) in [5, 5.41) is 0. The number of hydrogen-bond donors (Lipinski definition) is 2. The maximum atomic E-state index is 13.2. The Hall–Kier alpha value is -0.350. The van der Waals surface area contributed by atoms with E-state index in [9.17, 15) is 4.39 Å². The van der Waals surface area contributed by atoms with Crippen LogP contribution in [-0.4, -0.2) is 5.54 Å². The number of nitrogens with two attached hydrogens (primary N) is 2. The molecule has 0 saturated heterocycles. The van der Waals surface area contributed by atoms with Crippen LogP contribution in [0.5, 0.6) is 0 Å². The molecule has 0 aliphatic heterocycles. The van der Waals surface area contributed by atoms with E-state index in [-0.39, 0.29) is 30.6 Å². The van der Waals surface area contributed by atoms with E-state index >= 15 is 0 Å². The molecule has 0 aromatic heterocycles. The van der Waals surface area contributed by atoms with Gasteiger partial charge in [0, 0.05) is 11.1 Å². The predicted octanol–water partition coefficient (Wildman–Crippen LogP) is 2.41. The Morgan fingerprint density at radius 1 is 1.20 bits per heavy atom. The third-order valence-corrected chi connectivity index (χ3v) is 2.04. The van der Waals surface area contributed by atoms with Gasteiger partial charge in [-0.3, -0.25) is 0 Å². The number of hydrogen-bond acceptors (Lipinski definition) is 2. The smallest absolute Gasteiger partial charge is 0.128 e. The summed E-state index contributed by atoms with van der Waals surface area (Å²) in [5.41, 5.74) is 11.5. The molecule has 5 heteroatoms. The van der Waals surface area contributed by atoms with E-state index in [2.05, 4.69) is 0 Å². The first-order valence-corrected chi connectivity index (χ1v) is 4.22. The van der Waals surface area contributed by atoms with Crippen molar-refractivity contribution in [3.05, 3.63) is 35.6 Å². The van der Waals surface area contributed by atoms with Gasteiger partial charge in [0.25, 0.3) is 0 Å². The standard InChI is InChI=1S/C10H15FN2.2ClH/c1-10(2,13)9(12)7-5-3-4-6-8(7)11;;/h3-6,9H,12-13H2,1-2H3;2*1H. The van der Waals surface area contributed by atoms with Crippen molar-refractivity contribution in [2.24, 2.45) is 11.5 Å². The van der Waals surface area contributed by atoms with E-state index in [0.717, 1.165) is 0 Å². The van der Waals surface area contributed by atoms with E-state index in [4.69, 9.17) is 11.5 Å². The highest BCUT2D eigenvalue weighted by molar-refractivity contribution is 5.85. The molecule has 1 rings (SSSR count). The van der Waals surface area contributed by atoms with E-state index in [1.165, 1.54) is 6.07 Å². The van der Waals surface area contributed by atoms with Crippen molar-refractivity contribution in [2.75, 3.05) is 0 Å². The van der Waals surface area contributed by atoms with Gasteiger partial charge in [-0.15, -0.1) is 24.8 Å². The monoisotopic (exact) mass is 254 g/mol. The van der Waals surface area contributed by atoms with Gasteiger partial charge in [0.15, 0.2) is 0 Å². The molecule has 0 amide bonds. The molecule has 4 N–H and O–H groups in total. The zero-order valence-electron chi connectivity index (χ0n) is 8.74. The molecule has 1 atom stereocenters. The third kappa shape index (κ3) is 4.34. The van der Waals surface area contributed by atoms with Crippen LogP contribution < -0.4 is 11.5 Å². The topological polar surface area (TPSA) is 52.0 Å². The first kappa shape index (κ1) is 17.1. The molecule has 0 bridgehead atoms. The summed E-state index contributed by atoms with van der Waals surface area (Å²) in [4.78, 5) is 0. The molecule has 0 spiro atoms. The summed E-state index contributed by atoms with van der Waals surface area (Å²) >= 11 is 0. The summed E-state index contributed by atoms with van der Waals surface area (Å²) in [5.74, 6) is -0.298. The SMILES string of the molecule is CC(C)(N)C(N)c1ccccc1F.Cl.Cl. The maximum Gasteiger partial charge on any atom is 0.128 e. The lowest BCUT2D eigenvalue weighted by atomic mass is 9.90. The molecule has 15 heavy (non-hydrogen) atoms. The van der Waals surface area contributed by atoms with Crippen LogP contribution in [0.25, 0.3) is 0 Å². The van der Waals surface area contributed by atoms with Crippen LogP contribution in [0, 0.1) is 5.82 Å². The molecule has 0 aliphatic rings. The zero-order chi connectivity index (χ0) is 10.1. The first-order chi connectivity index (χ1) is 5.93. The Bertz CT molecular complexity index is 300. The molecular weight excluding hydrogens is 238 g/mol. The summed E-state index contributed by atoms with van der Waals surface area (Å²) in [6.45, 7) is 3.56. The van der Waals surface area contributed by atoms with Gasteiger partial charge < -0.3 is 11.5 Å². The van der Waals surface area contributed by atoms with Crippen LogP contribution in [0.2, 0.25) is 0 Å². The second-order valence-electron chi connectivity index (χ2n) is 3.82. The van der Waals surface area contributed by atoms with E-state index < -0.39 is 11.6 Å². The molecular formula is C10H17Cl2FN2. The number of benzene rings is 1. The van der Waals surface area contributed by atoms with Crippen molar-refractivity contribution in [1.82, 2.24) is 0 Å². The Morgan fingerprint density at radius 3 is 2.07 bits per heavy atom. The highest BCUT2D eigenvalue weighted by atomic mass is 35.5. The fraction of sp³-hybridized carbons (Fsp3) is 0.400. The molecule has 0 heterocycles. The van der Waals surface area contributed by atoms with Crippen LogP contribution in [-0.2, 0) is 0 Å². The van der Waals surface area contributed by atoms with Gasteiger partial charge >= 0.3 is 0 Å². The average molecular weight is 255 g/mol. The molecule has 1 aromatic carbocycles. The average Bonchev–Trinajstić information content (AvgIpc) is 2.02. The van der Waals surface area contributed by atoms with Gasteiger partial charge in [0.2, 0.25) is 0 Å². The van der Waals surface area contributed by atoms with Crippen LogP contribution in [0.4, 0.5) is 4.39 Å². The molecule has 88 valence electrons. The predicted molar refractivity (Wildman–Crippen MR) is 66.1 cm³/mol. The second-order valence-corrected chi connectivity index (χ2v) is 3.82. The molecule has 0 radical (unpaired) electrons. The lowest BCUT2D eigenvalue weighted by Gasteiger charge is -2.27. The van der Waals surface area contributed by atoms with Crippen LogP contribution in [0.15, 0.2) is 24.3 Å². The molecule has 0 aliphatic carbocycles. The number of halogens is 3. The lowest BCUT2D eigenvalue weighted by Crippen LogP contribution is -2.44. The van der Waals surface area contributed by atoms with Crippen LogP contribution in [0.1, 0.15) is 25.5 Å². The van der Waals surface area contributed by atoms with Crippen molar-refractivity contribution in [3.63, 3.8) is 0 Å². The highest BCUT2D eigenvalue weighted by Gasteiger charge is 2.24. The van der Waals surface area contributed by atoms with Crippen molar-refractivity contribution < 1.29 is 4.39 Å². The fourth-order valence-electron chi connectivity index (χ4n) is 1.13. The van der Waals surface area contributed by atoms with Crippen molar-refractivity contribution >= 4 is 24.8 Å². The van der Waals surface area contributed by atoms with Crippen LogP contribution in [0.3, 0.4) is 0 Å². The minimum absolute atomic E-state index is 0. The summed E-state index contributed by atoms with van der Waals surface area (Å²) in [7, 11) is 0. The van der Waals surface area contributed by atoms with Crippen LogP contribution >= 0.6 is 24.8 Å². The van der Waals surface area contributed by atoms with Gasteiger partial charge in [0.1, 0.15) is 5.82 Å². The summed E-state index contributed by atoms with van der Waals surface area (Å²) in [6.07, 6.45) is 0. The minimum atomic E-state index is -0.609. The van der Waals surface area contributed by atoms with Gasteiger partial charge in [-0.05, 0) is 19.9 Å². The van der Waals surface area contributed by atoms with Crippen molar-refractivity contribution in [3.8, 4) is 0 Å².